The van der Waals surface area contributed by atoms with E-state index in [4.69, 9.17) is 4.84 Å². The monoisotopic (exact) mass is 465 g/mol. The van der Waals surface area contributed by atoms with E-state index >= 15 is 0 Å². The molecule has 0 unspecified atom stereocenters. The second-order valence-corrected chi connectivity index (χ2v) is 9.31. The molecule has 1 heterocycles. The fourth-order valence-electron chi connectivity index (χ4n) is 3.70. The number of nitro groups is 1. The Morgan fingerprint density at radius 1 is 0.970 bits per heavy atom. The van der Waals surface area contributed by atoms with Gasteiger partial charge in [-0.25, -0.2) is 12.7 Å². The minimum Gasteiger partial charge on any atom is -0.379 e. The number of para-hydroxylation sites is 1. The summed E-state index contributed by atoms with van der Waals surface area (Å²) in [6.45, 7) is 0. The lowest BCUT2D eigenvalue weighted by Gasteiger charge is -2.27. The van der Waals surface area contributed by atoms with Crippen molar-refractivity contribution in [3.63, 3.8) is 0 Å². The van der Waals surface area contributed by atoms with Crippen LogP contribution in [0, 0.1) is 10.1 Å². The summed E-state index contributed by atoms with van der Waals surface area (Å²) in [5, 5.41) is 15.3. The Morgan fingerprint density at radius 3 is 2.03 bits per heavy atom. The smallest absolute Gasteiger partial charge is 0.289 e. The maximum Gasteiger partial charge on any atom is 0.289 e. The van der Waals surface area contributed by atoms with Gasteiger partial charge in [-0.1, -0.05) is 78.0 Å². The molecule has 0 saturated heterocycles. The van der Waals surface area contributed by atoms with Gasteiger partial charge in [-0.2, -0.15) is 0 Å². The molecule has 33 heavy (non-hydrogen) atoms. The number of nitro benzene ring substituents is 1. The van der Waals surface area contributed by atoms with Crippen LogP contribution in [0.4, 0.5) is 5.69 Å². The number of nitrogens with zero attached hydrogens (tertiary/aromatic N) is 3. The van der Waals surface area contributed by atoms with Crippen molar-refractivity contribution in [1.29, 1.82) is 0 Å². The number of oxime groups is 1. The number of hydrogen-bond donors (Lipinski definition) is 0. The zero-order valence-corrected chi connectivity index (χ0v) is 18.3. The van der Waals surface area contributed by atoms with Gasteiger partial charge in [-0.15, -0.1) is 0 Å². The average Bonchev–Trinajstić information content (AvgIpc) is 3.31. The summed E-state index contributed by atoms with van der Waals surface area (Å²) < 4.78 is 26.6. The maximum absolute atomic E-state index is 13.2. The van der Waals surface area contributed by atoms with Crippen molar-refractivity contribution in [2.24, 2.45) is 5.16 Å². The molecule has 3 aromatic carbocycles. The lowest BCUT2D eigenvalue weighted by molar-refractivity contribution is -0.387. The first kappa shape index (κ1) is 22.2. The molecule has 10 heteroatoms. The molecule has 0 atom stereocenters. The normalized spacial score (nSPS) is 14.8. The van der Waals surface area contributed by atoms with Crippen LogP contribution in [-0.2, 0) is 25.3 Å². The highest BCUT2D eigenvalue weighted by atomic mass is 32.2. The Hall–Kier alpha value is -4.05. The summed E-state index contributed by atoms with van der Waals surface area (Å²) >= 11 is 0. The van der Waals surface area contributed by atoms with E-state index in [1.54, 1.807) is 0 Å². The molecule has 0 radical (unpaired) electrons. The highest BCUT2D eigenvalue weighted by molar-refractivity contribution is 7.89. The molecule has 9 nitrogen and oxygen atoms in total. The van der Waals surface area contributed by atoms with Gasteiger partial charge in [0.2, 0.25) is 0 Å². The van der Waals surface area contributed by atoms with Crippen LogP contribution >= 0.6 is 0 Å². The van der Waals surface area contributed by atoms with Crippen molar-refractivity contribution in [3.05, 3.63) is 106 Å². The van der Waals surface area contributed by atoms with Gasteiger partial charge >= 0.3 is 0 Å². The van der Waals surface area contributed by atoms with Crippen molar-refractivity contribution in [2.45, 2.75) is 16.9 Å². The van der Waals surface area contributed by atoms with Gasteiger partial charge in [0.25, 0.3) is 21.6 Å². The third-order valence-electron chi connectivity index (χ3n) is 5.44. The quantitative estimate of drug-likeness (QED) is 0.406. The molecule has 0 N–H and O–H groups in total. The summed E-state index contributed by atoms with van der Waals surface area (Å²) in [5.74, 6) is -0.929. The third-order valence-corrected chi connectivity index (χ3v) is 7.23. The van der Waals surface area contributed by atoms with E-state index < -0.39 is 37.0 Å². The van der Waals surface area contributed by atoms with Gasteiger partial charge in [0.15, 0.2) is 16.2 Å². The second-order valence-electron chi connectivity index (χ2n) is 7.37. The molecule has 0 bridgehead atoms. The van der Waals surface area contributed by atoms with E-state index in [2.05, 4.69) is 5.16 Å². The zero-order chi connectivity index (χ0) is 23.6. The van der Waals surface area contributed by atoms with Crippen LogP contribution in [0.1, 0.15) is 17.5 Å². The summed E-state index contributed by atoms with van der Waals surface area (Å²) in [4.78, 5) is 28.9. The Morgan fingerprint density at radius 2 is 1.48 bits per heavy atom. The zero-order valence-electron chi connectivity index (χ0n) is 17.5. The number of hydrogen-bond acceptors (Lipinski definition) is 7. The number of benzene rings is 3. The lowest BCUT2D eigenvalue weighted by atomic mass is 9.82. The van der Waals surface area contributed by atoms with Crippen LogP contribution in [0.5, 0.6) is 0 Å². The van der Waals surface area contributed by atoms with Crippen molar-refractivity contribution < 1.29 is 23.0 Å². The van der Waals surface area contributed by atoms with Crippen molar-refractivity contribution >= 4 is 27.3 Å². The van der Waals surface area contributed by atoms with E-state index in [9.17, 15) is 23.3 Å². The number of carbonyl (C=O) groups excluding carboxylic acids is 1. The summed E-state index contributed by atoms with van der Waals surface area (Å²) in [7, 11) is -3.47. The first-order valence-electron chi connectivity index (χ1n) is 9.90. The summed E-state index contributed by atoms with van der Waals surface area (Å²) in [5.41, 5.74) is -0.368. The highest BCUT2D eigenvalue weighted by Crippen LogP contribution is 2.41. The minimum atomic E-state index is -4.51. The molecule has 3 aromatic rings. The van der Waals surface area contributed by atoms with Gasteiger partial charge < -0.3 is 4.84 Å². The molecule has 0 aromatic heterocycles. The molecule has 0 saturated carbocycles. The molecule has 0 spiro atoms. The van der Waals surface area contributed by atoms with Crippen molar-refractivity contribution in [2.75, 3.05) is 7.05 Å². The largest absolute Gasteiger partial charge is 0.379 e. The van der Waals surface area contributed by atoms with E-state index in [1.165, 1.54) is 12.1 Å². The minimum absolute atomic E-state index is 0.0173. The maximum atomic E-state index is 13.2. The van der Waals surface area contributed by atoms with E-state index in [1.807, 2.05) is 60.7 Å². The van der Waals surface area contributed by atoms with Crippen molar-refractivity contribution in [3.8, 4) is 0 Å². The predicted molar refractivity (Wildman–Crippen MR) is 120 cm³/mol. The van der Waals surface area contributed by atoms with Crippen LogP contribution in [0.3, 0.4) is 0 Å². The van der Waals surface area contributed by atoms with Crippen molar-refractivity contribution in [1.82, 2.24) is 4.31 Å². The molecule has 1 amide bonds. The predicted octanol–water partition coefficient (Wildman–Crippen LogP) is 3.46. The fraction of sp³-hybridized carbons (Fsp3) is 0.130. The first-order valence-corrected chi connectivity index (χ1v) is 11.3. The van der Waals surface area contributed by atoms with Crippen LogP contribution in [0.15, 0.2) is 95.0 Å². The number of sulfonamides is 1. The van der Waals surface area contributed by atoms with Gasteiger partial charge in [0.1, 0.15) is 0 Å². The molecular formula is C23H19N3O6S. The van der Waals surface area contributed by atoms with Crippen LogP contribution in [-0.4, -0.2) is 36.3 Å². The topological polar surface area (TPSA) is 119 Å². The van der Waals surface area contributed by atoms with Gasteiger partial charge in [-0.3, -0.25) is 14.9 Å². The third kappa shape index (κ3) is 3.85. The molecule has 0 aliphatic carbocycles. The first-order chi connectivity index (χ1) is 15.8. The Labute approximate surface area is 190 Å². The Balaban J connectivity index is 1.68. The lowest BCUT2D eigenvalue weighted by Crippen LogP contribution is -2.39. The molecule has 0 fully saturated rings. The van der Waals surface area contributed by atoms with E-state index in [0.717, 1.165) is 30.3 Å². The molecule has 4 rings (SSSR count). The molecule has 168 valence electrons. The number of carbonyl (C=O) groups is 1. The van der Waals surface area contributed by atoms with E-state index in [0.29, 0.717) is 4.31 Å². The number of rotatable bonds is 6. The highest BCUT2D eigenvalue weighted by Gasteiger charge is 2.46. The van der Waals surface area contributed by atoms with Crippen LogP contribution < -0.4 is 0 Å². The van der Waals surface area contributed by atoms with Gasteiger partial charge in [-0.05, 0) is 6.07 Å². The summed E-state index contributed by atoms with van der Waals surface area (Å²) in [6.07, 6.45) is -0.0173. The van der Waals surface area contributed by atoms with E-state index in [-0.39, 0.29) is 12.1 Å². The second kappa shape index (κ2) is 8.47. The van der Waals surface area contributed by atoms with Gasteiger partial charge in [0.05, 0.1) is 11.3 Å². The average molecular weight is 465 g/mol. The Kier molecular flexibility index (Phi) is 5.69. The number of amides is 1. The molecule has 1 aliphatic rings. The fourth-order valence-corrected chi connectivity index (χ4v) is 4.98. The standard InChI is InChI=1S/C23H19N3O6S/c1-25(33(30,31)21-15-9-8-14-20(21)26(28)29)22(27)19-16-23(32-24-19,17-10-4-2-5-11-17)18-12-6-3-7-13-18/h2-15H,16H2,1H3. The Bertz CT molecular complexity index is 1300. The van der Waals surface area contributed by atoms with Gasteiger partial charge in [0, 0.05) is 24.2 Å². The van der Waals surface area contributed by atoms with Crippen LogP contribution in [0.2, 0.25) is 0 Å². The molecule has 1 aliphatic heterocycles. The summed E-state index contributed by atoms with van der Waals surface area (Å²) in [6, 6.07) is 23.2. The SMILES string of the molecule is CN(C(=O)C1=NOC(c2ccccc2)(c2ccccc2)C1)S(=O)(=O)c1ccccc1[N+](=O)[O-]. The van der Waals surface area contributed by atoms with Crippen LogP contribution in [0.25, 0.3) is 0 Å². The molecular weight excluding hydrogens is 446 g/mol.